The number of aryl methyl sites for hydroxylation is 1. The van der Waals surface area contributed by atoms with E-state index in [1.807, 2.05) is 0 Å². The summed E-state index contributed by atoms with van der Waals surface area (Å²) in [5.41, 5.74) is 9.19. The van der Waals surface area contributed by atoms with Crippen LogP contribution in [0.15, 0.2) is 18.2 Å². The van der Waals surface area contributed by atoms with E-state index in [0.29, 0.717) is 10.9 Å². The van der Waals surface area contributed by atoms with Gasteiger partial charge in [0.25, 0.3) is 0 Å². The maximum Gasteiger partial charge on any atom is 0.104 e. The SMILES string of the molecule is Cc1cc(N(CC(C)C)C2CC2)ccc1C(N)=S. The molecule has 1 fully saturated rings. The van der Waals surface area contributed by atoms with Crippen molar-refractivity contribution in [3.05, 3.63) is 29.3 Å². The molecule has 0 aromatic heterocycles. The summed E-state index contributed by atoms with van der Waals surface area (Å²) in [6, 6.07) is 7.17. The van der Waals surface area contributed by atoms with Gasteiger partial charge >= 0.3 is 0 Å². The molecular formula is C15H22N2S. The van der Waals surface area contributed by atoms with Crippen LogP contribution >= 0.6 is 12.2 Å². The van der Waals surface area contributed by atoms with Gasteiger partial charge in [-0.05, 0) is 49.4 Å². The summed E-state index contributed by atoms with van der Waals surface area (Å²) in [7, 11) is 0. The Kier molecular flexibility index (Phi) is 3.91. The van der Waals surface area contributed by atoms with Crippen LogP contribution in [0, 0.1) is 12.8 Å². The number of benzene rings is 1. The molecule has 2 N–H and O–H groups in total. The molecule has 0 radical (unpaired) electrons. The number of rotatable bonds is 5. The summed E-state index contributed by atoms with van der Waals surface area (Å²) in [5.74, 6) is 0.682. The van der Waals surface area contributed by atoms with Gasteiger partial charge in [-0.25, -0.2) is 0 Å². The normalized spacial score (nSPS) is 14.9. The zero-order valence-corrected chi connectivity index (χ0v) is 12.3. The summed E-state index contributed by atoms with van der Waals surface area (Å²) < 4.78 is 0. The molecule has 0 heterocycles. The lowest BCUT2D eigenvalue weighted by molar-refractivity contribution is 0.607. The Balaban J connectivity index is 2.25. The topological polar surface area (TPSA) is 29.3 Å². The first kappa shape index (κ1) is 13.3. The second kappa shape index (κ2) is 5.27. The van der Waals surface area contributed by atoms with Gasteiger partial charge in [0.05, 0.1) is 0 Å². The van der Waals surface area contributed by atoms with Crippen LogP contribution in [0.4, 0.5) is 5.69 Å². The highest BCUT2D eigenvalue weighted by molar-refractivity contribution is 7.80. The van der Waals surface area contributed by atoms with Crippen molar-refractivity contribution in [3.8, 4) is 0 Å². The zero-order chi connectivity index (χ0) is 13.3. The Morgan fingerprint density at radius 2 is 2.11 bits per heavy atom. The maximum absolute atomic E-state index is 5.71. The summed E-state index contributed by atoms with van der Waals surface area (Å²) in [6.45, 7) is 7.74. The highest BCUT2D eigenvalue weighted by Gasteiger charge is 2.29. The third kappa shape index (κ3) is 3.02. The summed E-state index contributed by atoms with van der Waals surface area (Å²) >= 11 is 5.06. The van der Waals surface area contributed by atoms with Gasteiger partial charge in [-0.15, -0.1) is 0 Å². The first-order chi connectivity index (χ1) is 8.49. The highest BCUT2D eigenvalue weighted by Crippen LogP contribution is 2.33. The number of hydrogen-bond acceptors (Lipinski definition) is 2. The summed E-state index contributed by atoms with van der Waals surface area (Å²) in [4.78, 5) is 3.02. The predicted octanol–water partition coefficient (Wildman–Crippen LogP) is 3.25. The molecule has 3 heteroatoms. The first-order valence-corrected chi connectivity index (χ1v) is 7.07. The van der Waals surface area contributed by atoms with Gasteiger partial charge in [0.2, 0.25) is 0 Å². The van der Waals surface area contributed by atoms with Crippen LogP contribution in [-0.2, 0) is 0 Å². The average molecular weight is 262 g/mol. The monoisotopic (exact) mass is 262 g/mol. The number of hydrogen-bond donors (Lipinski definition) is 1. The van der Waals surface area contributed by atoms with E-state index in [1.54, 1.807) is 0 Å². The molecule has 0 saturated heterocycles. The van der Waals surface area contributed by atoms with E-state index in [0.717, 1.165) is 18.2 Å². The van der Waals surface area contributed by atoms with Crippen LogP contribution in [0.5, 0.6) is 0 Å². The quantitative estimate of drug-likeness (QED) is 0.826. The molecular weight excluding hydrogens is 240 g/mol. The van der Waals surface area contributed by atoms with Crippen molar-refractivity contribution in [2.45, 2.75) is 39.7 Å². The fraction of sp³-hybridized carbons (Fsp3) is 0.533. The van der Waals surface area contributed by atoms with Crippen molar-refractivity contribution in [3.63, 3.8) is 0 Å². The van der Waals surface area contributed by atoms with Gasteiger partial charge in [-0.2, -0.15) is 0 Å². The minimum absolute atomic E-state index is 0.487. The van der Waals surface area contributed by atoms with Gasteiger partial charge in [0, 0.05) is 23.8 Å². The second-order valence-corrected chi connectivity index (χ2v) is 6.08. The average Bonchev–Trinajstić information content (AvgIpc) is 3.08. The molecule has 1 saturated carbocycles. The predicted molar refractivity (Wildman–Crippen MR) is 82.3 cm³/mol. The number of anilines is 1. The van der Waals surface area contributed by atoms with E-state index in [9.17, 15) is 0 Å². The van der Waals surface area contributed by atoms with E-state index in [4.69, 9.17) is 18.0 Å². The second-order valence-electron chi connectivity index (χ2n) is 5.64. The first-order valence-electron chi connectivity index (χ1n) is 6.66. The van der Waals surface area contributed by atoms with Crippen molar-refractivity contribution in [2.75, 3.05) is 11.4 Å². The maximum atomic E-state index is 5.71. The van der Waals surface area contributed by atoms with Crippen LogP contribution in [0.25, 0.3) is 0 Å². The van der Waals surface area contributed by atoms with Gasteiger partial charge < -0.3 is 10.6 Å². The lowest BCUT2D eigenvalue weighted by atomic mass is 10.1. The van der Waals surface area contributed by atoms with Crippen LogP contribution in [-0.4, -0.2) is 17.6 Å². The van der Waals surface area contributed by atoms with Gasteiger partial charge in [0.15, 0.2) is 0 Å². The molecule has 98 valence electrons. The third-order valence-electron chi connectivity index (χ3n) is 3.36. The molecule has 0 unspecified atom stereocenters. The van der Waals surface area contributed by atoms with Crippen LogP contribution < -0.4 is 10.6 Å². The van der Waals surface area contributed by atoms with E-state index in [1.165, 1.54) is 24.1 Å². The molecule has 0 atom stereocenters. The standard InChI is InChI=1S/C15H22N2S/c1-10(2)9-17(12-4-5-12)13-6-7-14(15(16)18)11(3)8-13/h6-8,10,12H,4-5,9H2,1-3H3,(H2,16,18). The Labute approximate surface area is 115 Å². The fourth-order valence-corrected chi connectivity index (χ4v) is 2.58. The largest absolute Gasteiger partial charge is 0.389 e. The number of nitrogens with zero attached hydrogens (tertiary/aromatic N) is 1. The highest BCUT2D eigenvalue weighted by atomic mass is 32.1. The third-order valence-corrected chi connectivity index (χ3v) is 3.58. The molecule has 0 amide bonds. The molecule has 1 aliphatic rings. The van der Waals surface area contributed by atoms with Crippen molar-refractivity contribution < 1.29 is 0 Å². The smallest absolute Gasteiger partial charge is 0.104 e. The van der Waals surface area contributed by atoms with Gasteiger partial charge in [-0.3, -0.25) is 0 Å². The van der Waals surface area contributed by atoms with E-state index in [-0.39, 0.29) is 0 Å². The Hall–Kier alpha value is -1.09. The van der Waals surface area contributed by atoms with Crippen molar-refractivity contribution >= 4 is 22.9 Å². The molecule has 0 spiro atoms. The molecule has 2 nitrogen and oxygen atoms in total. The zero-order valence-electron chi connectivity index (χ0n) is 11.4. The Bertz CT molecular complexity index is 450. The van der Waals surface area contributed by atoms with Crippen molar-refractivity contribution in [2.24, 2.45) is 11.7 Å². The van der Waals surface area contributed by atoms with E-state index < -0.39 is 0 Å². The fourth-order valence-electron chi connectivity index (χ4n) is 2.35. The molecule has 0 bridgehead atoms. The summed E-state index contributed by atoms with van der Waals surface area (Å²) in [5, 5.41) is 0. The van der Waals surface area contributed by atoms with Crippen molar-refractivity contribution in [1.29, 1.82) is 0 Å². The lowest BCUT2D eigenvalue weighted by Gasteiger charge is -2.27. The van der Waals surface area contributed by atoms with Crippen LogP contribution in [0.1, 0.15) is 37.8 Å². The molecule has 18 heavy (non-hydrogen) atoms. The van der Waals surface area contributed by atoms with Crippen molar-refractivity contribution in [1.82, 2.24) is 0 Å². The molecule has 2 rings (SSSR count). The van der Waals surface area contributed by atoms with Gasteiger partial charge in [0.1, 0.15) is 4.99 Å². The lowest BCUT2D eigenvalue weighted by Crippen LogP contribution is -2.30. The minimum atomic E-state index is 0.487. The molecule has 1 aromatic rings. The molecule has 0 aliphatic heterocycles. The molecule has 1 aromatic carbocycles. The van der Waals surface area contributed by atoms with Crippen LogP contribution in [0.3, 0.4) is 0 Å². The van der Waals surface area contributed by atoms with Gasteiger partial charge in [-0.1, -0.05) is 26.1 Å². The van der Waals surface area contributed by atoms with E-state index >= 15 is 0 Å². The van der Waals surface area contributed by atoms with Crippen LogP contribution in [0.2, 0.25) is 0 Å². The Morgan fingerprint density at radius 1 is 1.44 bits per heavy atom. The number of thiocarbonyl (C=S) groups is 1. The summed E-state index contributed by atoms with van der Waals surface area (Å²) in [6.07, 6.45) is 2.64. The minimum Gasteiger partial charge on any atom is -0.389 e. The van der Waals surface area contributed by atoms with E-state index in [2.05, 4.69) is 43.9 Å². The molecule has 1 aliphatic carbocycles. The Morgan fingerprint density at radius 3 is 2.56 bits per heavy atom. The number of nitrogens with two attached hydrogens (primary N) is 1.